The Morgan fingerprint density at radius 2 is 2.12 bits per heavy atom. The van der Waals surface area contributed by atoms with E-state index in [9.17, 15) is 9.18 Å². The molecule has 2 aromatic heterocycles. The summed E-state index contributed by atoms with van der Waals surface area (Å²) in [5, 5.41) is 7.63. The number of hydrogen-bond acceptors (Lipinski definition) is 5. The summed E-state index contributed by atoms with van der Waals surface area (Å²) >= 11 is 5.75. The van der Waals surface area contributed by atoms with E-state index in [1.807, 2.05) is 0 Å². The molecule has 0 N–H and O–H groups in total. The lowest BCUT2D eigenvalue weighted by Crippen LogP contribution is -2.21. The van der Waals surface area contributed by atoms with Crippen molar-refractivity contribution in [1.82, 2.24) is 15.2 Å². The third-order valence-corrected chi connectivity index (χ3v) is 3.58. The van der Waals surface area contributed by atoms with Crippen molar-refractivity contribution in [2.75, 3.05) is 4.90 Å². The zero-order chi connectivity index (χ0) is 17.1. The number of benzene rings is 1. The van der Waals surface area contributed by atoms with Gasteiger partial charge >= 0.3 is 0 Å². The van der Waals surface area contributed by atoms with Crippen LogP contribution >= 0.6 is 11.6 Å². The van der Waals surface area contributed by atoms with Crippen LogP contribution in [0.25, 0.3) is 11.5 Å². The number of carbonyl (C=O) groups is 1. The quantitative estimate of drug-likeness (QED) is 0.662. The van der Waals surface area contributed by atoms with Gasteiger partial charge < -0.3 is 9.32 Å². The third kappa shape index (κ3) is 3.41. The molecule has 0 spiro atoms. The number of nitrogens with zero attached hydrogens (tertiary/aromatic N) is 4. The van der Waals surface area contributed by atoms with Crippen molar-refractivity contribution in [3.63, 3.8) is 0 Å². The topological polar surface area (TPSA) is 72.1 Å². The number of anilines is 1. The molecule has 8 heteroatoms. The first-order chi connectivity index (χ1) is 11.6. The predicted octanol–water partition coefficient (Wildman–Crippen LogP) is 3.40. The SMILES string of the molecule is Cc1nnc(-c2ccc(CN(C=O)c3ccc(F)c(Cl)c3)nc2)o1. The summed E-state index contributed by atoms with van der Waals surface area (Å²) < 4.78 is 18.6. The van der Waals surface area contributed by atoms with E-state index in [2.05, 4.69) is 15.2 Å². The highest BCUT2D eigenvalue weighted by Crippen LogP contribution is 2.23. The minimum Gasteiger partial charge on any atom is -0.421 e. The monoisotopic (exact) mass is 346 g/mol. The molecule has 0 fully saturated rings. The van der Waals surface area contributed by atoms with Crippen LogP contribution in [-0.4, -0.2) is 21.6 Å². The van der Waals surface area contributed by atoms with Crippen molar-refractivity contribution in [2.24, 2.45) is 0 Å². The second-order valence-electron chi connectivity index (χ2n) is 5.00. The Kier molecular flexibility index (Phi) is 4.52. The maximum absolute atomic E-state index is 13.2. The number of pyridine rings is 1. The number of carbonyl (C=O) groups excluding carboxylic acids is 1. The van der Waals surface area contributed by atoms with Gasteiger partial charge in [0.2, 0.25) is 18.2 Å². The lowest BCUT2D eigenvalue weighted by atomic mass is 10.2. The Morgan fingerprint density at radius 1 is 1.29 bits per heavy atom. The average molecular weight is 347 g/mol. The van der Waals surface area contributed by atoms with Gasteiger partial charge in [-0.2, -0.15) is 0 Å². The molecular formula is C16H12ClFN4O2. The van der Waals surface area contributed by atoms with Crippen molar-refractivity contribution in [3.05, 3.63) is 59.0 Å². The van der Waals surface area contributed by atoms with Gasteiger partial charge in [0.15, 0.2) is 0 Å². The van der Waals surface area contributed by atoms with Gasteiger partial charge in [-0.1, -0.05) is 11.6 Å². The largest absolute Gasteiger partial charge is 0.421 e. The smallest absolute Gasteiger partial charge is 0.249 e. The van der Waals surface area contributed by atoms with Gasteiger partial charge in [-0.15, -0.1) is 10.2 Å². The number of halogens is 2. The van der Waals surface area contributed by atoms with Gasteiger partial charge in [-0.05, 0) is 30.3 Å². The van der Waals surface area contributed by atoms with Crippen LogP contribution < -0.4 is 4.90 Å². The van der Waals surface area contributed by atoms with Crippen molar-refractivity contribution in [2.45, 2.75) is 13.5 Å². The molecule has 0 atom stereocenters. The summed E-state index contributed by atoms with van der Waals surface area (Å²) in [5.41, 5.74) is 1.80. The standard InChI is InChI=1S/C16H12ClFN4O2/c1-10-20-21-16(24-10)11-2-3-12(19-7-11)8-22(9-23)13-4-5-15(18)14(17)6-13/h2-7,9H,8H2,1H3. The number of aromatic nitrogens is 3. The van der Waals surface area contributed by atoms with E-state index < -0.39 is 5.82 Å². The van der Waals surface area contributed by atoms with Gasteiger partial charge in [-0.25, -0.2) is 4.39 Å². The van der Waals surface area contributed by atoms with E-state index in [0.717, 1.165) is 0 Å². The Balaban J connectivity index is 1.78. The highest BCUT2D eigenvalue weighted by atomic mass is 35.5. The second-order valence-corrected chi connectivity index (χ2v) is 5.40. The number of hydrogen-bond donors (Lipinski definition) is 0. The summed E-state index contributed by atoms with van der Waals surface area (Å²) in [6.07, 6.45) is 2.23. The number of amides is 1. The first-order valence-electron chi connectivity index (χ1n) is 6.99. The van der Waals surface area contributed by atoms with Crippen molar-refractivity contribution in [3.8, 4) is 11.5 Å². The molecule has 0 unspecified atom stereocenters. The van der Waals surface area contributed by atoms with Crippen LogP contribution in [0.15, 0.2) is 40.9 Å². The summed E-state index contributed by atoms with van der Waals surface area (Å²) in [5.74, 6) is 0.307. The Hall–Kier alpha value is -2.80. The van der Waals surface area contributed by atoms with Gasteiger partial charge in [0.05, 0.1) is 22.8 Å². The first-order valence-corrected chi connectivity index (χ1v) is 7.37. The molecule has 6 nitrogen and oxygen atoms in total. The highest BCUT2D eigenvalue weighted by Gasteiger charge is 2.11. The second kappa shape index (κ2) is 6.76. The molecule has 1 amide bonds. The summed E-state index contributed by atoms with van der Waals surface area (Å²) in [6, 6.07) is 7.60. The minimum atomic E-state index is -0.538. The van der Waals surface area contributed by atoms with E-state index in [1.165, 1.54) is 23.1 Å². The van der Waals surface area contributed by atoms with Gasteiger partial charge in [0, 0.05) is 18.8 Å². The molecule has 3 aromatic rings. The van der Waals surface area contributed by atoms with E-state index in [1.54, 1.807) is 25.3 Å². The summed E-state index contributed by atoms with van der Waals surface area (Å²) in [7, 11) is 0. The molecule has 122 valence electrons. The fraction of sp³-hybridized carbons (Fsp3) is 0.125. The van der Waals surface area contributed by atoms with E-state index >= 15 is 0 Å². The Bertz CT molecular complexity index is 867. The molecule has 0 saturated carbocycles. The normalized spacial score (nSPS) is 10.6. The maximum atomic E-state index is 13.2. The van der Waals surface area contributed by atoms with Crippen LogP contribution in [0.1, 0.15) is 11.6 Å². The Labute approximate surface area is 141 Å². The molecule has 3 rings (SSSR count). The Morgan fingerprint density at radius 3 is 2.71 bits per heavy atom. The van der Waals surface area contributed by atoms with Crippen molar-refractivity contribution < 1.29 is 13.6 Å². The van der Waals surface area contributed by atoms with Gasteiger partial charge in [-0.3, -0.25) is 9.78 Å². The molecule has 0 aliphatic heterocycles. The van der Waals surface area contributed by atoms with Crippen molar-refractivity contribution in [1.29, 1.82) is 0 Å². The van der Waals surface area contributed by atoms with Crippen LogP contribution in [0.5, 0.6) is 0 Å². The van der Waals surface area contributed by atoms with Gasteiger partial charge in [0.1, 0.15) is 5.82 Å². The molecule has 1 aromatic carbocycles. The van der Waals surface area contributed by atoms with Crippen LogP contribution in [0.2, 0.25) is 5.02 Å². The van der Waals surface area contributed by atoms with Crippen LogP contribution in [0.4, 0.5) is 10.1 Å². The molecule has 0 aliphatic carbocycles. The van der Waals surface area contributed by atoms with Crippen LogP contribution in [0, 0.1) is 12.7 Å². The van der Waals surface area contributed by atoms with E-state index in [4.69, 9.17) is 16.0 Å². The number of aryl methyl sites for hydroxylation is 1. The molecular weight excluding hydrogens is 335 g/mol. The van der Waals surface area contributed by atoms with E-state index in [0.29, 0.717) is 35.1 Å². The third-order valence-electron chi connectivity index (χ3n) is 3.29. The molecule has 0 saturated heterocycles. The molecule has 2 heterocycles. The summed E-state index contributed by atoms with van der Waals surface area (Å²) in [6.45, 7) is 1.92. The molecule has 0 aliphatic rings. The van der Waals surface area contributed by atoms with Crippen molar-refractivity contribution >= 4 is 23.7 Å². The molecule has 0 radical (unpaired) electrons. The first kappa shape index (κ1) is 16.1. The lowest BCUT2D eigenvalue weighted by Gasteiger charge is -2.17. The zero-order valence-electron chi connectivity index (χ0n) is 12.6. The van der Waals surface area contributed by atoms with Crippen LogP contribution in [-0.2, 0) is 11.3 Å². The average Bonchev–Trinajstić information content (AvgIpc) is 3.02. The maximum Gasteiger partial charge on any atom is 0.249 e. The molecule has 0 bridgehead atoms. The number of rotatable bonds is 5. The minimum absolute atomic E-state index is 0.0468. The molecule has 24 heavy (non-hydrogen) atoms. The zero-order valence-corrected chi connectivity index (χ0v) is 13.4. The van der Waals surface area contributed by atoms with E-state index in [-0.39, 0.29) is 11.6 Å². The fourth-order valence-corrected chi connectivity index (χ4v) is 2.26. The predicted molar refractivity (Wildman–Crippen MR) is 85.9 cm³/mol. The van der Waals surface area contributed by atoms with Gasteiger partial charge in [0.25, 0.3) is 0 Å². The lowest BCUT2D eigenvalue weighted by molar-refractivity contribution is -0.107. The highest BCUT2D eigenvalue weighted by molar-refractivity contribution is 6.31. The summed E-state index contributed by atoms with van der Waals surface area (Å²) in [4.78, 5) is 17.0. The van der Waals surface area contributed by atoms with Crippen LogP contribution in [0.3, 0.4) is 0 Å². The fourth-order valence-electron chi connectivity index (χ4n) is 2.09.